The van der Waals surface area contributed by atoms with Gasteiger partial charge >= 0.3 is 0 Å². The Kier molecular flexibility index (Phi) is 3.14. The molecule has 0 aromatic carbocycles. The molecule has 0 saturated carbocycles. The van der Waals surface area contributed by atoms with Crippen LogP contribution in [-0.4, -0.2) is 68.0 Å². The van der Waals surface area contributed by atoms with E-state index in [4.69, 9.17) is 0 Å². The van der Waals surface area contributed by atoms with E-state index in [-0.39, 0.29) is 12.4 Å². The molecule has 2 aliphatic rings. The SMILES string of the molecule is CCCN1CC(C(O)(O)C2N=N2)N=C1C(C)(O)O. The maximum absolute atomic E-state index is 9.89. The molecule has 0 spiro atoms. The number of hydrogen-bond donors (Lipinski definition) is 4. The van der Waals surface area contributed by atoms with E-state index in [1.54, 1.807) is 4.90 Å². The molecule has 0 amide bonds. The topological polar surface area (TPSA) is 121 Å². The average Bonchev–Trinajstić information content (AvgIpc) is 2.99. The summed E-state index contributed by atoms with van der Waals surface area (Å²) in [6.07, 6.45) is -0.109. The summed E-state index contributed by atoms with van der Waals surface area (Å²) in [5.74, 6) is -4.22. The molecule has 2 heterocycles. The van der Waals surface area contributed by atoms with Crippen molar-refractivity contribution in [3.63, 3.8) is 0 Å². The van der Waals surface area contributed by atoms with E-state index in [1.807, 2.05) is 6.92 Å². The van der Waals surface area contributed by atoms with E-state index < -0.39 is 23.8 Å². The quantitative estimate of drug-likeness (QED) is 0.454. The summed E-state index contributed by atoms with van der Waals surface area (Å²) in [7, 11) is 0. The van der Waals surface area contributed by atoms with Crippen molar-refractivity contribution in [1.82, 2.24) is 4.90 Å². The summed E-state index contributed by atoms with van der Waals surface area (Å²) >= 11 is 0. The second-order valence-corrected chi connectivity index (χ2v) is 4.82. The average molecular weight is 258 g/mol. The Morgan fingerprint density at radius 3 is 2.33 bits per heavy atom. The fourth-order valence-corrected chi connectivity index (χ4v) is 2.06. The van der Waals surface area contributed by atoms with Crippen molar-refractivity contribution in [2.45, 2.75) is 44.1 Å². The van der Waals surface area contributed by atoms with Gasteiger partial charge in [0.1, 0.15) is 6.04 Å². The van der Waals surface area contributed by atoms with Crippen molar-refractivity contribution < 1.29 is 20.4 Å². The Morgan fingerprint density at radius 2 is 1.89 bits per heavy atom. The largest absolute Gasteiger partial charge is 0.361 e. The lowest BCUT2D eigenvalue weighted by atomic mass is 10.1. The molecule has 1 unspecified atom stereocenters. The Morgan fingerprint density at radius 1 is 1.28 bits per heavy atom. The van der Waals surface area contributed by atoms with E-state index in [1.165, 1.54) is 6.92 Å². The maximum Gasteiger partial charge on any atom is 0.236 e. The third kappa shape index (κ3) is 2.37. The number of aliphatic hydroxyl groups is 4. The van der Waals surface area contributed by atoms with Crippen LogP contribution < -0.4 is 0 Å². The molecule has 0 fully saturated rings. The molecule has 8 nitrogen and oxygen atoms in total. The fraction of sp³-hybridized carbons (Fsp3) is 0.900. The molecule has 8 heteroatoms. The highest BCUT2D eigenvalue weighted by Gasteiger charge is 2.52. The summed E-state index contributed by atoms with van der Waals surface area (Å²) in [6, 6.07) is -0.891. The third-order valence-electron chi connectivity index (χ3n) is 2.99. The predicted molar refractivity (Wildman–Crippen MR) is 61.7 cm³/mol. The molecule has 4 N–H and O–H groups in total. The Labute approximate surface area is 104 Å². The van der Waals surface area contributed by atoms with E-state index in [0.29, 0.717) is 6.54 Å². The normalized spacial score (nSPS) is 24.7. The molecule has 2 rings (SSSR count). The highest BCUT2D eigenvalue weighted by Crippen LogP contribution is 2.31. The van der Waals surface area contributed by atoms with E-state index >= 15 is 0 Å². The number of amidine groups is 1. The van der Waals surface area contributed by atoms with Gasteiger partial charge in [-0.05, 0) is 13.3 Å². The first kappa shape index (κ1) is 13.3. The van der Waals surface area contributed by atoms with Gasteiger partial charge in [0.05, 0.1) is 0 Å². The molecule has 0 aromatic rings. The molecule has 0 saturated heterocycles. The van der Waals surface area contributed by atoms with Gasteiger partial charge in [-0.2, -0.15) is 10.2 Å². The summed E-state index contributed by atoms with van der Waals surface area (Å²) in [5.41, 5.74) is 0. The molecule has 0 aliphatic carbocycles. The molecular weight excluding hydrogens is 240 g/mol. The Hall–Kier alpha value is -1.09. The molecule has 2 aliphatic heterocycles. The number of nitrogens with zero attached hydrogens (tertiary/aromatic N) is 4. The van der Waals surface area contributed by atoms with E-state index in [0.717, 1.165) is 6.42 Å². The first-order chi connectivity index (χ1) is 8.26. The van der Waals surface area contributed by atoms with Crippen LogP contribution in [0.2, 0.25) is 0 Å². The van der Waals surface area contributed by atoms with Crippen LogP contribution in [0.15, 0.2) is 15.2 Å². The Bertz CT molecular complexity index is 382. The first-order valence-electron chi connectivity index (χ1n) is 5.89. The van der Waals surface area contributed by atoms with Crippen molar-refractivity contribution in [2.75, 3.05) is 13.1 Å². The van der Waals surface area contributed by atoms with Crippen molar-refractivity contribution in [3.8, 4) is 0 Å². The predicted octanol–water partition coefficient (Wildman–Crippen LogP) is -1.35. The van der Waals surface area contributed by atoms with Crippen molar-refractivity contribution in [3.05, 3.63) is 0 Å². The van der Waals surface area contributed by atoms with Crippen molar-refractivity contribution in [1.29, 1.82) is 0 Å². The smallest absolute Gasteiger partial charge is 0.236 e. The highest BCUT2D eigenvalue weighted by atomic mass is 16.5. The van der Waals surface area contributed by atoms with Crippen molar-refractivity contribution in [2.24, 2.45) is 15.2 Å². The van der Waals surface area contributed by atoms with Crippen LogP contribution in [-0.2, 0) is 0 Å². The summed E-state index contributed by atoms with van der Waals surface area (Å²) < 4.78 is 0. The second kappa shape index (κ2) is 4.23. The van der Waals surface area contributed by atoms with E-state index in [2.05, 4.69) is 15.2 Å². The monoisotopic (exact) mass is 258 g/mol. The zero-order valence-corrected chi connectivity index (χ0v) is 10.4. The van der Waals surface area contributed by atoms with Gasteiger partial charge in [0, 0.05) is 13.1 Å². The maximum atomic E-state index is 9.89. The number of rotatable bonds is 5. The van der Waals surface area contributed by atoms with Crippen molar-refractivity contribution >= 4 is 5.84 Å². The molecule has 0 bridgehead atoms. The first-order valence-corrected chi connectivity index (χ1v) is 5.89. The van der Waals surface area contributed by atoms with Gasteiger partial charge in [-0.25, -0.2) is 0 Å². The second-order valence-electron chi connectivity index (χ2n) is 4.82. The standard InChI is InChI=1S/C10H18N4O4/c1-3-4-14-5-6(10(17,18)7-12-13-7)11-8(14)9(2,15)16/h6-7,15-18H,3-5H2,1-2H3. The van der Waals surface area contributed by atoms with Gasteiger partial charge in [0.2, 0.25) is 17.7 Å². The van der Waals surface area contributed by atoms with Crippen LogP contribution in [0.5, 0.6) is 0 Å². The number of hydrogen-bond acceptors (Lipinski definition) is 8. The zero-order valence-electron chi connectivity index (χ0n) is 10.4. The van der Waals surface area contributed by atoms with Crippen LogP contribution in [0.3, 0.4) is 0 Å². The van der Waals surface area contributed by atoms with Gasteiger partial charge in [0.15, 0.2) is 5.84 Å². The van der Waals surface area contributed by atoms with Gasteiger partial charge in [-0.1, -0.05) is 6.92 Å². The molecule has 0 aromatic heterocycles. The number of aliphatic imine (C=N–C) groups is 1. The lowest BCUT2D eigenvalue weighted by Crippen LogP contribution is -2.49. The van der Waals surface area contributed by atoms with Crippen LogP contribution in [0.25, 0.3) is 0 Å². The lowest BCUT2D eigenvalue weighted by Gasteiger charge is -2.27. The van der Waals surface area contributed by atoms with Gasteiger partial charge in [-0.15, -0.1) is 0 Å². The molecule has 1 atom stereocenters. The summed E-state index contributed by atoms with van der Waals surface area (Å²) in [4.78, 5) is 5.65. The highest BCUT2D eigenvalue weighted by molar-refractivity contribution is 5.90. The zero-order chi connectivity index (χ0) is 13.6. The summed E-state index contributed by atoms with van der Waals surface area (Å²) in [5, 5.41) is 46.0. The molecule has 0 radical (unpaired) electrons. The molecule has 18 heavy (non-hydrogen) atoms. The fourth-order valence-electron chi connectivity index (χ4n) is 2.06. The molecular formula is C10H18N4O4. The minimum atomic E-state index is -2.17. The Balaban J connectivity index is 2.18. The van der Waals surface area contributed by atoms with Crippen LogP contribution in [0.1, 0.15) is 20.3 Å². The summed E-state index contributed by atoms with van der Waals surface area (Å²) in [6.45, 7) is 3.89. The van der Waals surface area contributed by atoms with Crippen LogP contribution in [0, 0.1) is 0 Å². The third-order valence-corrected chi connectivity index (χ3v) is 2.99. The minimum Gasteiger partial charge on any atom is -0.361 e. The minimum absolute atomic E-state index is 0.0440. The van der Waals surface area contributed by atoms with Crippen LogP contribution >= 0.6 is 0 Å². The molecule has 102 valence electrons. The van der Waals surface area contributed by atoms with Gasteiger partial charge < -0.3 is 25.3 Å². The lowest BCUT2D eigenvalue weighted by molar-refractivity contribution is -0.176. The van der Waals surface area contributed by atoms with E-state index in [9.17, 15) is 20.4 Å². The van der Waals surface area contributed by atoms with Gasteiger partial charge in [-0.3, -0.25) is 4.99 Å². The van der Waals surface area contributed by atoms with Gasteiger partial charge in [0.25, 0.3) is 0 Å². The van der Waals surface area contributed by atoms with Crippen LogP contribution in [0.4, 0.5) is 0 Å².